The number of ether oxygens (including phenoxy) is 2. The van der Waals surface area contributed by atoms with Gasteiger partial charge in [-0.3, -0.25) is 4.79 Å². The molecular weight excluding hydrogens is 218 g/mol. The second kappa shape index (κ2) is 3.80. The van der Waals surface area contributed by atoms with Crippen LogP contribution in [0.25, 0.3) is 10.9 Å². The number of benzene rings is 1. The summed E-state index contributed by atoms with van der Waals surface area (Å²) < 4.78 is 11.0. The van der Waals surface area contributed by atoms with Crippen LogP contribution in [0.5, 0.6) is 11.5 Å². The summed E-state index contributed by atoms with van der Waals surface area (Å²) in [5.74, 6) is 1.51. The van der Waals surface area contributed by atoms with Crippen molar-refractivity contribution >= 4 is 17.2 Å². The Morgan fingerprint density at radius 1 is 1.53 bits per heavy atom. The van der Waals surface area contributed by atoms with E-state index >= 15 is 0 Å². The molecular formula is C13H13NO3. The zero-order valence-electron chi connectivity index (χ0n) is 9.58. The van der Waals surface area contributed by atoms with Gasteiger partial charge < -0.3 is 14.5 Å². The van der Waals surface area contributed by atoms with Gasteiger partial charge in [0.2, 0.25) is 0 Å². The summed E-state index contributed by atoms with van der Waals surface area (Å²) in [5, 5.41) is 0.904. The minimum Gasteiger partial charge on any atom is -0.493 e. The van der Waals surface area contributed by atoms with Crippen molar-refractivity contribution in [3.63, 3.8) is 0 Å². The van der Waals surface area contributed by atoms with Crippen LogP contribution in [0.4, 0.5) is 0 Å². The number of aldehydes is 1. The lowest BCUT2D eigenvalue weighted by atomic mass is 10.0. The molecule has 3 rings (SSSR count). The topological polar surface area (TPSA) is 51.3 Å². The molecule has 0 saturated carbocycles. The molecule has 0 atom stereocenters. The molecule has 17 heavy (non-hydrogen) atoms. The van der Waals surface area contributed by atoms with Crippen LogP contribution < -0.4 is 9.47 Å². The number of aryl methyl sites for hydroxylation is 1. The third-order valence-corrected chi connectivity index (χ3v) is 3.19. The maximum atomic E-state index is 11.0. The smallest absolute Gasteiger partial charge is 0.166 e. The van der Waals surface area contributed by atoms with Crippen LogP contribution in [-0.4, -0.2) is 25.0 Å². The summed E-state index contributed by atoms with van der Waals surface area (Å²) >= 11 is 0. The zero-order valence-corrected chi connectivity index (χ0v) is 9.58. The lowest BCUT2D eigenvalue weighted by molar-refractivity contribution is 0.112. The Hall–Kier alpha value is -1.97. The molecule has 4 heteroatoms. The van der Waals surface area contributed by atoms with E-state index < -0.39 is 0 Å². The highest BCUT2D eigenvalue weighted by molar-refractivity contribution is 6.00. The van der Waals surface area contributed by atoms with E-state index in [0.29, 0.717) is 11.3 Å². The summed E-state index contributed by atoms with van der Waals surface area (Å²) in [7, 11) is 1.62. The number of rotatable bonds is 2. The molecule has 1 N–H and O–H groups in total. The van der Waals surface area contributed by atoms with Gasteiger partial charge in [-0.1, -0.05) is 0 Å². The standard InChI is InChI=1S/C13H13NO3/c1-16-11-5-10-8(7-15)6-14-12(10)9-3-2-4-17-13(9)11/h5-7,14H,2-4H2,1H3. The van der Waals surface area contributed by atoms with E-state index in [1.54, 1.807) is 13.3 Å². The van der Waals surface area contributed by atoms with Crippen LogP contribution in [0.2, 0.25) is 0 Å². The van der Waals surface area contributed by atoms with Crippen molar-refractivity contribution in [2.45, 2.75) is 12.8 Å². The van der Waals surface area contributed by atoms with E-state index in [-0.39, 0.29) is 0 Å². The molecule has 0 saturated heterocycles. The molecule has 0 radical (unpaired) electrons. The minimum absolute atomic E-state index is 0.659. The van der Waals surface area contributed by atoms with E-state index in [4.69, 9.17) is 9.47 Å². The summed E-state index contributed by atoms with van der Waals surface area (Å²) in [6, 6.07) is 1.86. The number of carbonyl (C=O) groups is 1. The highest BCUT2D eigenvalue weighted by Gasteiger charge is 2.21. The van der Waals surface area contributed by atoms with Gasteiger partial charge in [0.25, 0.3) is 0 Å². The predicted octanol–water partition coefficient (Wildman–Crippen LogP) is 2.31. The highest BCUT2D eigenvalue weighted by atomic mass is 16.5. The molecule has 0 bridgehead atoms. The second-order valence-corrected chi connectivity index (χ2v) is 4.12. The molecule has 1 aliphatic rings. The van der Waals surface area contributed by atoms with Gasteiger partial charge in [0.1, 0.15) is 0 Å². The lowest BCUT2D eigenvalue weighted by Crippen LogP contribution is -2.10. The van der Waals surface area contributed by atoms with Gasteiger partial charge in [-0.15, -0.1) is 0 Å². The molecule has 0 aliphatic carbocycles. The SMILES string of the molecule is COc1cc2c(C=O)c[nH]c2c2c1OCCC2. The molecule has 2 heterocycles. The van der Waals surface area contributed by atoms with Crippen LogP contribution >= 0.6 is 0 Å². The minimum atomic E-state index is 0.659. The Labute approximate surface area is 98.5 Å². The van der Waals surface area contributed by atoms with Crippen molar-refractivity contribution < 1.29 is 14.3 Å². The van der Waals surface area contributed by atoms with E-state index in [1.165, 1.54) is 0 Å². The second-order valence-electron chi connectivity index (χ2n) is 4.12. The van der Waals surface area contributed by atoms with Crippen LogP contribution in [0.15, 0.2) is 12.3 Å². The van der Waals surface area contributed by atoms with Gasteiger partial charge in [-0.2, -0.15) is 0 Å². The van der Waals surface area contributed by atoms with Crippen molar-refractivity contribution in [1.29, 1.82) is 0 Å². The molecule has 0 spiro atoms. The first-order valence-electron chi connectivity index (χ1n) is 5.64. The van der Waals surface area contributed by atoms with Gasteiger partial charge in [0, 0.05) is 22.7 Å². The van der Waals surface area contributed by atoms with E-state index in [9.17, 15) is 4.79 Å². The van der Waals surface area contributed by atoms with E-state index in [1.807, 2.05) is 6.07 Å². The van der Waals surface area contributed by atoms with Crippen LogP contribution in [0.3, 0.4) is 0 Å². The first-order chi connectivity index (χ1) is 8.35. The Balaban J connectivity index is 2.36. The summed E-state index contributed by atoms with van der Waals surface area (Å²) in [5.41, 5.74) is 2.76. The molecule has 0 amide bonds. The Bertz CT molecular complexity index is 586. The van der Waals surface area contributed by atoms with Crippen molar-refractivity contribution in [2.24, 2.45) is 0 Å². The largest absolute Gasteiger partial charge is 0.493 e. The van der Waals surface area contributed by atoms with Gasteiger partial charge in [0.05, 0.1) is 19.2 Å². The fraction of sp³-hybridized carbons (Fsp3) is 0.308. The summed E-state index contributed by atoms with van der Waals surface area (Å²) in [4.78, 5) is 14.1. The van der Waals surface area contributed by atoms with Crippen LogP contribution in [0, 0.1) is 0 Å². The van der Waals surface area contributed by atoms with Gasteiger partial charge in [0.15, 0.2) is 17.8 Å². The van der Waals surface area contributed by atoms with Gasteiger partial charge in [-0.25, -0.2) is 0 Å². The number of methoxy groups -OCH3 is 1. The quantitative estimate of drug-likeness (QED) is 0.807. The number of hydrogen-bond acceptors (Lipinski definition) is 3. The summed E-state index contributed by atoms with van der Waals surface area (Å²) in [6.45, 7) is 0.718. The van der Waals surface area contributed by atoms with E-state index in [0.717, 1.165) is 48.0 Å². The van der Waals surface area contributed by atoms with Crippen molar-refractivity contribution in [1.82, 2.24) is 4.98 Å². The zero-order chi connectivity index (χ0) is 11.8. The normalized spacial score (nSPS) is 14.2. The number of aromatic amines is 1. The van der Waals surface area contributed by atoms with E-state index in [2.05, 4.69) is 4.98 Å². The average Bonchev–Trinajstić information content (AvgIpc) is 2.80. The Kier molecular flexibility index (Phi) is 2.28. The number of fused-ring (bicyclic) bond motifs is 3. The maximum Gasteiger partial charge on any atom is 0.166 e. The van der Waals surface area contributed by atoms with Crippen molar-refractivity contribution in [2.75, 3.05) is 13.7 Å². The Morgan fingerprint density at radius 3 is 3.18 bits per heavy atom. The van der Waals surface area contributed by atoms with Crippen molar-refractivity contribution in [3.8, 4) is 11.5 Å². The monoisotopic (exact) mass is 231 g/mol. The Morgan fingerprint density at radius 2 is 2.41 bits per heavy atom. The number of nitrogens with one attached hydrogen (secondary N) is 1. The molecule has 4 nitrogen and oxygen atoms in total. The molecule has 1 aromatic carbocycles. The number of hydrogen-bond donors (Lipinski definition) is 1. The molecule has 1 aliphatic heterocycles. The lowest BCUT2D eigenvalue weighted by Gasteiger charge is -2.20. The third kappa shape index (κ3) is 1.40. The fourth-order valence-corrected chi connectivity index (χ4v) is 2.38. The number of H-pyrrole nitrogens is 1. The molecule has 0 fully saturated rings. The molecule has 2 aromatic rings. The van der Waals surface area contributed by atoms with Gasteiger partial charge >= 0.3 is 0 Å². The van der Waals surface area contributed by atoms with Gasteiger partial charge in [-0.05, 0) is 18.9 Å². The number of carbonyl (C=O) groups excluding carboxylic acids is 1. The van der Waals surface area contributed by atoms with Crippen molar-refractivity contribution in [3.05, 3.63) is 23.4 Å². The third-order valence-electron chi connectivity index (χ3n) is 3.19. The summed E-state index contributed by atoms with van der Waals surface area (Å²) in [6.07, 6.45) is 4.52. The first-order valence-corrected chi connectivity index (χ1v) is 5.64. The average molecular weight is 231 g/mol. The molecule has 1 aromatic heterocycles. The molecule has 0 unspecified atom stereocenters. The fourth-order valence-electron chi connectivity index (χ4n) is 2.38. The number of aromatic nitrogens is 1. The maximum absolute atomic E-state index is 11.0. The van der Waals surface area contributed by atoms with Crippen LogP contribution in [0.1, 0.15) is 22.3 Å². The first kappa shape index (κ1) is 10.2. The molecule has 88 valence electrons. The highest BCUT2D eigenvalue weighted by Crippen LogP contribution is 2.40. The predicted molar refractivity (Wildman–Crippen MR) is 64.1 cm³/mol. The van der Waals surface area contributed by atoms with Crippen LogP contribution in [-0.2, 0) is 6.42 Å².